The lowest BCUT2D eigenvalue weighted by Gasteiger charge is -2.21. The van der Waals surface area contributed by atoms with E-state index >= 15 is 0 Å². The first kappa shape index (κ1) is 22.6. The smallest absolute Gasteiger partial charge is 0.337 e. The minimum atomic E-state index is -0.416. The number of pyridine rings is 1. The Kier molecular flexibility index (Phi) is 7.26. The molecule has 2 N–H and O–H groups in total. The number of nitrogens with zero attached hydrogens (tertiary/aromatic N) is 3. The zero-order valence-electron chi connectivity index (χ0n) is 18.2. The zero-order valence-corrected chi connectivity index (χ0v) is 18.2. The number of methoxy groups -OCH3 is 2. The van der Waals surface area contributed by atoms with E-state index in [1.54, 1.807) is 25.3 Å². The molecule has 0 aliphatic heterocycles. The molecule has 0 bridgehead atoms. The van der Waals surface area contributed by atoms with Crippen LogP contribution < -0.4 is 15.4 Å². The van der Waals surface area contributed by atoms with Crippen molar-refractivity contribution in [3.05, 3.63) is 71.3 Å². The SMILES string of the molecule is COCOc1ccccc1-c1cc(CN(C)c2cccc(C(=O)OC)c2)c(C#N)c(N)n1. The molecule has 1 heterocycles. The maximum absolute atomic E-state index is 11.9. The molecule has 0 saturated heterocycles. The molecule has 0 saturated carbocycles. The Labute approximate surface area is 186 Å². The third kappa shape index (κ3) is 4.96. The number of anilines is 2. The van der Waals surface area contributed by atoms with Crippen molar-refractivity contribution < 1.29 is 19.0 Å². The van der Waals surface area contributed by atoms with Crippen molar-refractivity contribution >= 4 is 17.5 Å². The Morgan fingerprint density at radius 3 is 2.66 bits per heavy atom. The van der Waals surface area contributed by atoms with Crippen LogP contribution >= 0.6 is 0 Å². The number of ether oxygens (including phenoxy) is 3. The van der Waals surface area contributed by atoms with Crippen molar-refractivity contribution in [3.63, 3.8) is 0 Å². The number of nitriles is 1. The topological polar surface area (TPSA) is 111 Å². The quantitative estimate of drug-likeness (QED) is 0.425. The van der Waals surface area contributed by atoms with Gasteiger partial charge in [-0.25, -0.2) is 9.78 Å². The van der Waals surface area contributed by atoms with Crippen molar-refractivity contribution in [2.75, 3.05) is 38.7 Å². The molecule has 3 rings (SSSR count). The van der Waals surface area contributed by atoms with E-state index in [4.69, 9.17) is 19.9 Å². The van der Waals surface area contributed by atoms with Gasteiger partial charge in [0.15, 0.2) is 6.79 Å². The molecule has 0 unspecified atom stereocenters. The number of rotatable bonds is 8. The lowest BCUT2D eigenvalue weighted by atomic mass is 10.0. The lowest BCUT2D eigenvalue weighted by molar-refractivity contribution is 0.0515. The van der Waals surface area contributed by atoms with Crippen molar-refractivity contribution in [2.24, 2.45) is 0 Å². The summed E-state index contributed by atoms with van der Waals surface area (Å²) in [7, 11) is 4.75. The zero-order chi connectivity index (χ0) is 23.1. The second-order valence-electron chi connectivity index (χ2n) is 6.98. The number of nitrogens with two attached hydrogens (primary N) is 1. The maximum atomic E-state index is 11.9. The first-order valence-corrected chi connectivity index (χ1v) is 9.78. The summed E-state index contributed by atoms with van der Waals surface area (Å²) in [5, 5.41) is 9.67. The van der Waals surface area contributed by atoms with E-state index in [0.29, 0.717) is 34.7 Å². The second kappa shape index (κ2) is 10.3. The minimum absolute atomic E-state index is 0.0922. The highest BCUT2D eigenvalue weighted by Gasteiger charge is 2.17. The van der Waals surface area contributed by atoms with Gasteiger partial charge in [-0.2, -0.15) is 5.26 Å². The first-order chi connectivity index (χ1) is 15.5. The van der Waals surface area contributed by atoms with Gasteiger partial charge in [0.05, 0.1) is 23.9 Å². The van der Waals surface area contributed by atoms with Crippen LogP contribution in [0.2, 0.25) is 0 Å². The fourth-order valence-corrected chi connectivity index (χ4v) is 3.27. The molecule has 32 heavy (non-hydrogen) atoms. The average molecular weight is 432 g/mol. The van der Waals surface area contributed by atoms with Crippen LogP contribution in [0.15, 0.2) is 54.6 Å². The maximum Gasteiger partial charge on any atom is 0.337 e. The molecule has 0 amide bonds. The van der Waals surface area contributed by atoms with E-state index in [2.05, 4.69) is 11.1 Å². The van der Waals surface area contributed by atoms with Crippen LogP contribution in [0.1, 0.15) is 21.5 Å². The van der Waals surface area contributed by atoms with Crippen LogP contribution in [0.25, 0.3) is 11.3 Å². The van der Waals surface area contributed by atoms with Gasteiger partial charge in [0.2, 0.25) is 0 Å². The Morgan fingerprint density at radius 2 is 1.94 bits per heavy atom. The van der Waals surface area contributed by atoms with E-state index in [1.165, 1.54) is 7.11 Å². The molecule has 164 valence electrons. The van der Waals surface area contributed by atoms with Crippen molar-refractivity contribution in [1.29, 1.82) is 5.26 Å². The number of hydrogen-bond donors (Lipinski definition) is 1. The van der Waals surface area contributed by atoms with Crippen LogP contribution in [-0.4, -0.2) is 39.0 Å². The van der Waals surface area contributed by atoms with Gasteiger partial charge < -0.3 is 24.8 Å². The van der Waals surface area contributed by atoms with E-state index < -0.39 is 5.97 Å². The van der Waals surface area contributed by atoms with Gasteiger partial charge >= 0.3 is 5.97 Å². The number of para-hydroxylation sites is 1. The molecule has 0 aliphatic carbocycles. The molecule has 2 aromatic carbocycles. The lowest BCUT2D eigenvalue weighted by Crippen LogP contribution is -2.18. The van der Waals surface area contributed by atoms with Gasteiger partial charge in [0, 0.05) is 32.0 Å². The highest BCUT2D eigenvalue weighted by atomic mass is 16.7. The molecule has 8 nitrogen and oxygen atoms in total. The van der Waals surface area contributed by atoms with Gasteiger partial charge in [-0.3, -0.25) is 0 Å². The summed E-state index contributed by atoms with van der Waals surface area (Å²) in [5.74, 6) is 0.315. The summed E-state index contributed by atoms with van der Waals surface area (Å²) in [5.41, 5.74) is 9.69. The number of benzene rings is 2. The Hall–Kier alpha value is -4.09. The van der Waals surface area contributed by atoms with Crippen molar-refractivity contribution in [3.8, 4) is 23.1 Å². The van der Waals surface area contributed by atoms with Crippen LogP contribution in [0.3, 0.4) is 0 Å². The minimum Gasteiger partial charge on any atom is -0.467 e. The molecule has 0 fully saturated rings. The van der Waals surface area contributed by atoms with Gasteiger partial charge in [0.1, 0.15) is 17.6 Å². The van der Waals surface area contributed by atoms with E-state index in [0.717, 1.165) is 11.3 Å². The molecule has 0 aliphatic rings. The largest absolute Gasteiger partial charge is 0.467 e. The molecule has 3 aromatic rings. The monoisotopic (exact) mass is 432 g/mol. The predicted octanol–water partition coefficient (Wildman–Crippen LogP) is 3.61. The molecule has 8 heteroatoms. The first-order valence-electron chi connectivity index (χ1n) is 9.78. The summed E-state index contributed by atoms with van der Waals surface area (Å²) < 4.78 is 15.5. The van der Waals surface area contributed by atoms with Crippen LogP contribution in [-0.2, 0) is 16.0 Å². The van der Waals surface area contributed by atoms with Gasteiger partial charge in [-0.15, -0.1) is 0 Å². The molecule has 0 atom stereocenters. The van der Waals surface area contributed by atoms with Gasteiger partial charge in [0.25, 0.3) is 0 Å². The normalized spacial score (nSPS) is 10.3. The highest BCUT2D eigenvalue weighted by Crippen LogP contribution is 2.32. The molecular weight excluding hydrogens is 408 g/mol. The summed E-state index contributed by atoms with van der Waals surface area (Å²) in [4.78, 5) is 18.2. The molecule has 0 radical (unpaired) electrons. The van der Waals surface area contributed by atoms with Gasteiger partial charge in [-0.05, 0) is 42.0 Å². The van der Waals surface area contributed by atoms with Crippen LogP contribution in [0, 0.1) is 11.3 Å². The van der Waals surface area contributed by atoms with E-state index in [1.807, 2.05) is 48.3 Å². The van der Waals surface area contributed by atoms with Gasteiger partial charge in [-0.1, -0.05) is 18.2 Å². The Balaban J connectivity index is 1.98. The fourth-order valence-electron chi connectivity index (χ4n) is 3.27. The van der Waals surface area contributed by atoms with Crippen molar-refractivity contribution in [1.82, 2.24) is 4.98 Å². The number of aromatic nitrogens is 1. The fraction of sp³-hybridized carbons (Fsp3) is 0.208. The number of esters is 1. The molecule has 0 spiro atoms. The number of carbonyl (C=O) groups excluding carboxylic acids is 1. The predicted molar refractivity (Wildman–Crippen MR) is 121 cm³/mol. The number of carbonyl (C=O) groups is 1. The average Bonchev–Trinajstić information content (AvgIpc) is 2.82. The van der Waals surface area contributed by atoms with E-state index in [-0.39, 0.29) is 12.6 Å². The molecular formula is C24H24N4O4. The second-order valence-corrected chi connectivity index (χ2v) is 6.98. The standard InChI is InChI=1S/C24H24N4O4/c1-28(18-8-6-7-16(11-18)24(29)31-3)14-17-12-21(27-23(26)20(17)13-25)19-9-4-5-10-22(19)32-15-30-2/h4-12H,14-15H2,1-3H3,(H2,26,27). The van der Waals surface area contributed by atoms with Crippen LogP contribution in [0.5, 0.6) is 5.75 Å². The highest BCUT2D eigenvalue weighted by molar-refractivity contribution is 5.90. The summed E-state index contributed by atoms with van der Waals surface area (Å²) in [6.45, 7) is 0.462. The summed E-state index contributed by atoms with van der Waals surface area (Å²) in [6.07, 6.45) is 0. The van der Waals surface area contributed by atoms with E-state index in [9.17, 15) is 10.1 Å². The number of hydrogen-bond acceptors (Lipinski definition) is 8. The van der Waals surface area contributed by atoms with Crippen LogP contribution in [0.4, 0.5) is 11.5 Å². The molecule has 1 aromatic heterocycles. The Morgan fingerprint density at radius 1 is 1.16 bits per heavy atom. The third-order valence-electron chi connectivity index (χ3n) is 4.85. The third-order valence-corrected chi connectivity index (χ3v) is 4.85. The number of nitrogen functional groups attached to an aromatic ring is 1. The summed E-state index contributed by atoms with van der Waals surface area (Å²) in [6, 6.07) is 18.4. The Bertz CT molecular complexity index is 1160. The summed E-state index contributed by atoms with van der Waals surface area (Å²) >= 11 is 0. The van der Waals surface area contributed by atoms with Crippen molar-refractivity contribution in [2.45, 2.75) is 6.54 Å².